The second-order valence-electron chi connectivity index (χ2n) is 5.11. The molecule has 0 bridgehead atoms. The third-order valence-electron chi connectivity index (χ3n) is 3.51. The third kappa shape index (κ3) is 4.09. The number of aliphatic carboxylic acids is 1. The van der Waals surface area contributed by atoms with Crippen molar-refractivity contribution in [2.45, 2.75) is 17.7 Å². The summed E-state index contributed by atoms with van der Waals surface area (Å²) in [7, 11) is -3.75. The van der Waals surface area contributed by atoms with Crippen LogP contribution in [0.4, 0.5) is 0 Å². The predicted molar refractivity (Wildman–Crippen MR) is 80.3 cm³/mol. The fraction of sp³-hybridized carbons (Fsp3) is 0.333. The quantitative estimate of drug-likeness (QED) is 0.792. The Bertz CT molecular complexity index is 772. The number of hydrogen-bond donors (Lipinski definition) is 2. The van der Waals surface area contributed by atoms with Crippen molar-refractivity contribution in [1.82, 2.24) is 4.31 Å². The van der Waals surface area contributed by atoms with Crippen LogP contribution < -0.4 is 0 Å². The standard InChI is InChI=1S/C15H15NO6S/c17-14(18)8-3-11-2-1-9-16(10-11)23(21,22)13-6-4-12(5-7-13)15(19)20/h4-7,11H,1-2,9-10H2,(H,17,18)(H,19,20). The van der Waals surface area contributed by atoms with Crippen molar-refractivity contribution in [3.63, 3.8) is 0 Å². The highest BCUT2D eigenvalue weighted by Crippen LogP contribution is 2.23. The lowest BCUT2D eigenvalue weighted by molar-refractivity contribution is -0.130. The van der Waals surface area contributed by atoms with Crippen LogP contribution in [0.2, 0.25) is 0 Å². The molecule has 1 fully saturated rings. The summed E-state index contributed by atoms with van der Waals surface area (Å²) >= 11 is 0. The van der Waals surface area contributed by atoms with Gasteiger partial charge in [-0.1, -0.05) is 5.92 Å². The molecule has 122 valence electrons. The first-order valence-electron chi connectivity index (χ1n) is 6.88. The molecule has 0 saturated carbocycles. The van der Waals surface area contributed by atoms with E-state index in [9.17, 15) is 18.0 Å². The Kier molecular flexibility index (Phi) is 5.03. The second-order valence-corrected chi connectivity index (χ2v) is 7.04. The molecule has 2 N–H and O–H groups in total. The molecule has 1 heterocycles. The summed E-state index contributed by atoms with van der Waals surface area (Å²) in [6, 6.07) is 4.98. The van der Waals surface area contributed by atoms with Crippen LogP contribution in [-0.2, 0) is 14.8 Å². The molecule has 1 aromatic rings. The predicted octanol–water partition coefficient (Wildman–Crippen LogP) is 0.874. The maximum Gasteiger partial charge on any atom is 0.381 e. The van der Waals surface area contributed by atoms with Crippen molar-refractivity contribution in [2.24, 2.45) is 5.92 Å². The zero-order valence-corrected chi connectivity index (χ0v) is 12.9. The second kappa shape index (κ2) is 6.81. The molecule has 0 aliphatic carbocycles. The van der Waals surface area contributed by atoms with Crippen molar-refractivity contribution in [1.29, 1.82) is 0 Å². The molecule has 23 heavy (non-hydrogen) atoms. The first kappa shape index (κ1) is 17.0. The van der Waals surface area contributed by atoms with Gasteiger partial charge in [0, 0.05) is 24.9 Å². The summed E-state index contributed by atoms with van der Waals surface area (Å²) in [5, 5.41) is 17.4. The number of piperidine rings is 1. The van der Waals surface area contributed by atoms with Gasteiger partial charge in [0.1, 0.15) is 0 Å². The minimum Gasteiger partial charge on any atom is -0.478 e. The van der Waals surface area contributed by atoms with E-state index in [0.717, 1.165) is 0 Å². The van der Waals surface area contributed by atoms with Gasteiger partial charge in [-0.05, 0) is 37.1 Å². The van der Waals surface area contributed by atoms with Crippen molar-refractivity contribution in [3.05, 3.63) is 29.8 Å². The molecule has 1 saturated heterocycles. The van der Waals surface area contributed by atoms with E-state index in [1.54, 1.807) is 0 Å². The number of rotatable bonds is 3. The number of hydrogen-bond acceptors (Lipinski definition) is 4. The lowest BCUT2D eigenvalue weighted by Crippen LogP contribution is -2.39. The highest BCUT2D eigenvalue weighted by atomic mass is 32.2. The van der Waals surface area contributed by atoms with Crippen LogP contribution in [-0.4, -0.2) is 48.0 Å². The van der Waals surface area contributed by atoms with E-state index in [2.05, 4.69) is 5.92 Å². The SMILES string of the molecule is O=C(O)C#CC1CCCN(S(=O)(=O)c2ccc(C(=O)O)cc2)C1. The fourth-order valence-electron chi connectivity index (χ4n) is 2.36. The summed E-state index contributed by atoms with van der Waals surface area (Å²) in [6.07, 6.45) is 1.23. The van der Waals surface area contributed by atoms with Gasteiger partial charge in [-0.2, -0.15) is 4.31 Å². The molecule has 1 unspecified atom stereocenters. The van der Waals surface area contributed by atoms with Crippen molar-refractivity contribution >= 4 is 22.0 Å². The summed E-state index contributed by atoms with van der Waals surface area (Å²) < 4.78 is 26.4. The van der Waals surface area contributed by atoms with Crippen molar-refractivity contribution < 1.29 is 28.2 Å². The molecule has 1 aromatic carbocycles. The van der Waals surface area contributed by atoms with Gasteiger partial charge in [-0.15, -0.1) is 0 Å². The van der Waals surface area contributed by atoms with Crippen molar-refractivity contribution in [3.8, 4) is 11.8 Å². The molecule has 0 radical (unpaired) electrons. The van der Waals surface area contributed by atoms with E-state index in [1.807, 2.05) is 5.92 Å². The van der Waals surface area contributed by atoms with Gasteiger partial charge in [-0.3, -0.25) is 0 Å². The van der Waals surface area contributed by atoms with Crippen LogP contribution in [0.5, 0.6) is 0 Å². The van der Waals surface area contributed by atoms with Crippen LogP contribution >= 0.6 is 0 Å². The van der Waals surface area contributed by atoms with Crippen LogP contribution in [0.3, 0.4) is 0 Å². The number of sulfonamides is 1. The minimum atomic E-state index is -3.75. The number of benzene rings is 1. The number of carboxylic acid groups (broad SMARTS) is 2. The molecule has 1 aliphatic rings. The highest BCUT2D eigenvalue weighted by molar-refractivity contribution is 7.89. The van der Waals surface area contributed by atoms with Crippen LogP contribution in [0.1, 0.15) is 23.2 Å². The molecule has 0 spiro atoms. The number of carboxylic acids is 2. The number of aromatic carboxylic acids is 1. The topological polar surface area (TPSA) is 112 Å². The maximum atomic E-state index is 12.6. The van der Waals surface area contributed by atoms with E-state index < -0.39 is 22.0 Å². The number of carbonyl (C=O) groups is 2. The third-order valence-corrected chi connectivity index (χ3v) is 5.39. The maximum absolute atomic E-state index is 12.6. The Morgan fingerprint density at radius 1 is 1.17 bits per heavy atom. The molecule has 0 amide bonds. The Morgan fingerprint density at radius 2 is 1.83 bits per heavy atom. The molecule has 1 atom stereocenters. The van der Waals surface area contributed by atoms with Crippen molar-refractivity contribution in [2.75, 3.05) is 13.1 Å². The van der Waals surface area contributed by atoms with Crippen LogP contribution in [0.15, 0.2) is 29.2 Å². The molecular weight excluding hydrogens is 322 g/mol. The van der Waals surface area contributed by atoms with E-state index in [1.165, 1.54) is 28.6 Å². The molecule has 0 aromatic heterocycles. The Hall–Kier alpha value is -2.37. The van der Waals surface area contributed by atoms with Gasteiger partial charge in [0.05, 0.1) is 10.5 Å². The average Bonchev–Trinajstić information content (AvgIpc) is 2.53. The molecule has 1 aliphatic heterocycles. The molecule has 2 rings (SSSR count). The summed E-state index contributed by atoms with van der Waals surface area (Å²) in [4.78, 5) is 21.3. The fourth-order valence-corrected chi connectivity index (χ4v) is 3.88. The lowest BCUT2D eigenvalue weighted by atomic mass is 10.0. The number of nitrogens with zero attached hydrogens (tertiary/aromatic N) is 1. The largest absolute Gasteiger partial charge is 0.478 e. The Labute approximate surface area is 133 Å². The monoisotopic (exact) mass is 337 g/mol. The van der Waals surface area contributed by atoms with E-state index in [4.69, 9.17) is 10.2 Å². The average molecular weight is 337 g/mol. The molecular formula is C15H15NO6S. The summed E-state index contributed by atoms with van der Waals surface area (Å²) in [6.45, 7) is 0.456. The van der Waals surface area contributed by atoms with E-state index in [-0.39, 0.29) is 22.9 Å². The lowest BCUT2D eigenvalue weighted by Gasteiger charge is -2.29. The summed E-state index contributed by atoms with van der Waals surface area (Å²) in [5.41, 5.74) is 0.00722. The van der Waals surface area contributed by atoms with Crippen LogP contribution in [0.25, 0.3) is 0 Å². The zero-order chi connectivity index (χ0) is 17.0. The summed E-state index contributed by atoms with van der Waals surface area (Å²) in [5.74, 6) is 1.90. The Balaban J connectivity index is 2.20. The van der Waals surface area contributed by atoms with Gasteiger partial charge in [-0.25, -0.2) is 18.0 Å². The molecule has 7 nitrogen and oxygen atoms in total. The zero-order valence-electron chi connectivity index (χ0n) is 12.1. The first-order chi connectivity index (χ1) is 10.8. The van der Waals surface area contributed by atoms with Gasteiger partial charge in [0.2, 0.25) is 10.0 Å². The Morgan fingerprint density at radius 3 is 2.39 bits per heavy atom. The normalized spacial score (nSPS) is 18.7. The highest BCUT2D eigenvalue weighted by Gasteiger charge is 2.29. The van der Waals surface area contributed by atoms with E-state index in [0.29, 0.717) is 19.4 Å². The van der Waals surface area contributed by atoms with E-state index >= 15 is 0 Å². The smallest absolute Gasteiger partial charge is 0.381 e. The first-order valence-corrected chi connectivity index (χ1v) is 8.32. The van der Waals surface area contributed by atoms with Gasteiger partial charge in [0.25, 0.3) is 0 Å². The van der Waals surface area contributed by atoms with Gasteiger partial charge in [0.15, 0.2) is 0 Å². The minimum absolute atomic E-state index is 0.00722. The van der Waals surface area contributed by atoms with Gasteiger partial charge >= 0.3 is 11.9 Å². The molecule has 8 heteroatoms. The van der Waals surface area contributed by atoms with Gasteiger partial charge < -0.3 is 10.2 Å². The van der Waals surface area contributed by atoms with Crippen LogP contribution in [0, 0.1) is 17.8 Å².